The maximum absolute atomic E-state index is 10.9. The van der Waals surface area contributed by atoms with Crippen molar-refractivity contribution in [2.45, 2.75) is 73.3 Å². The number of imidazole rings is 2. The van der Waals surface area contributed by atoms with Crippen LogP contribution in [0, 0.1) is 0 Å². The van der Waals surface area contributed by atoms with Crippen molar-refractivity contribution in [1.29, 1.82) is 0 Å². The molecule has 0 saturated heterocycles. The van der Waals surface area contributed by atoms with Crippen LogP contribution < -0.4 is 5.69 Å². The molecule has 170 valence electrons. The predicted molar refractivity (Wildman–Crippen MR) is 129 cm³/mol. The van der Waals surface area contributed by atoms with E-state index in [4.69, 9.17) is 0 Å². The van der Waals surface area contributed by atoms with Gasteiger partial charge in [-0.15, -0.1) is 21.5 Å². The molecule has 0 atom stereocenters. The highest BCUT2D eigenvalue weighted by molar-refractivity contribution is 7.09. The molecule has 0 spiro atoms. The first-order valence-corrected chi connectivity index (χ1v) is 11.5. The van der Waals surface area contributed by atoms with Crippen LogP contribution >= 0.6 is 11.3 Å². The monoisotopic (exact) mass is 445 g/mol. The second-order valence-corrected chi connectivity index (χ2v) is 8.27. The molecule has 0 aliphatic rings. The van der Waals surface area contributed by atoms with Crippen LogP contribution in [-0.4, -0.2) is 34.7 Å². The van der Waals surface area contributed by atoms with Gasteiger partial charge in [-0.05, 0) is 31.9 Å². The maximum Gasteiger partial charge on any atom is 0.325 e. The third kappa shape index (κ3) is 8.84. The van der Waals surface area contributed by atoms with Crippen LogP contribution in [0.1, 0.15) is 84.0 Å². The first-order valence-electron chi connectivity index (χ1n) is 10.6. The summed E-state index contributed by atoms with van der Waals surface area (Å²) in [5.41, 5.74) is 3.94. The third-order valence-corrected chi connectivity index (χ3v) is 4.97. The zero-order valence-electron chi connectivity index (χ0n) is 19.7. The van der Waals surface area contributed by atoms with Gasteiger partial charge >= 0.3 is 5.69 Å². The van der Waals surface area contributed by atoms with E-state index in [-0.39, 0.29) is 5.69 Å². The largest absolute Gasteiger partial charge is 0.335 e. The lowest BCUT2D eigenvalue weighted by Gasteiger charge is -2.02. The Morgan fingerprint density at radius 2 is 1.71 bits per heavy atom. The topological polar surface area (TPSA) is 105 Å². The average Bonchev–Trinajstić information content (AvgIpc) is 3.50. The highest BCUT2D eigenvalue weighted by Crippen LogP contribution is 2.14. The van der Waals surface area contributed by atoms with Crippen LogP contribution in [-0.2, 0) is 0 Å². The number of pyridine rings is 1. The predicted octanol–water partition coefficient (Wildman–Crippen LogP) is 5.53. The van der Waals surface area contributed by atoms with Crippen LogP contribution in [0.15, 0.2) is 41.2 Å². The van der Waals surface area contributed by atoms with E-state index in [2.05, 4.69) is 76.2 Å². The molecule has 31 heavy (non-hydrogen) atoms. The number of nitrogens with zero attached hydrogens (tertiary/aromatic N) is 5. The molecule has 4 rings (SSSR count). The standard InChI is InChI=1S/C9H11N3O.C6H10N2.C5H8N2S.C2H6/c1-5(2)6-3-4-7-8(10-6)12-9(13)11-7;1-6(2)8-4-3-7-5-8;1-4(2)5-7-6-3-8-5;1-2/h3-5H,1-2H3,(H2,10,11,12,13);3-6H,1-2H3;3-4H,1-2H3;1-2H3. The van der Waals surface area contributed by atoms with Crippen LogP contribution in [0.5, 0.6) is 0 Å². The highest BCUT2D eigenvalue weighted by atomic mass is 32.1. The first-order chi connectivity index (χ1) is 14.8. The van der Waals surface area contributed by atoms with Crippen molar-refractivity contribution in [2.24, 2.45) is 0 Å². The Balaban J connectivity index is 0.000000234. The molecule has 0 aliphatic carbocycles. The van der Waals surface area contributed by atoms with Gasteiger partial charge in [-0.3, -0.25) is 4.98 Å². The lowest BCUT2D eigenvalue weighted by atomic mass is 10.1. The van der Waals surface area contributed by atoms with E-state index in [1.165, 1.54) is 0 Å². The number of aromatic nitrogens is 7. The van der Waals surface area contributed by atoms with Crippen molar-refractivity contribution < 1.29 is 0 Å². The Labute approximate surface area is 188 Å². The van der Waals surface area contributed by atoms with Crippen molar-refractivity contribution in [3.8, 4) is 0 Å². The molecule has 4 heterocycles. The summed E-state index contributed by atoms with van der Waals surface area (Å²) in [6.07, 6.45) is 5.58. The van der Waals surface area contributed by atoms with Crippen molar-refractivity contribution in [3.05, 3.63) is 57.6 Å². The summed E-state index contributed by atoms with van der Waals surface area (Å²) in [4.78, 5) is 24.4. The molecular weight excluding hydrogens is 410 g/mol. The zero-order valence-corrected chi connectivity index (χ0v) is 20.6. The third-order valence-electron chi connectivity index (χ3n) is 3.98. The Morgan fingerprint density at radius 1 is 1.00 bits per heavy atom. The van der Waals surface area contributed by atoms with Crippen LogP contribution in [0.25, 0.3) is 11.2 Å². The summed E-state index contributed by atoms with van der Waals surface area (Å²) in [7, 11) is 0. The minimum absolute atomic E-state index is 0.205. The molecule has 0 aliphatic heterocycles. The number of aromatic amines is 2. The number of nitrogens with one attached hydrogen (secondary N) is 2. The van der Waals surface area contributed by atoms with Crippen molar-refractivity contribution in [2.75, 3.05) is 0 Å². The summed E-state index contributed by atoms with van der Waals surface area (Å²) in [5.74, 6) is 0.908. The number of fused-ring (bicyclic) bond motifs is 1. The Bertz CT molecular complexity index is 978. The number of rotatable bonds is 3. The first kappa shape index (κ1) is 26.2. The second-order valence-electron chi connectivity index (χ2n) is 7.40. The molecule has 0 radical (unpaired) electrons. The lowest BCUT2D eigenvalue weighted by molar-refractivity contribution is 0.600. The minimum Gasteiger partial charge on any atom is -0.335 e. The van der Waals surface area contributed by atoms with Crippen molar-refractivity contribution in [3.63, 3.8) is 0 Å². The number of hydrogen-bond donors (Lipinski definition) is 2. The van der Waals surface area contributed by atoms with Gasteiger partial charge in [-0.1, -0.05) is 41.5 Å². The Hall–Kier alpha value is -2.81. The number of hydrogen-bond acceptors (Lipinski definition) is 6. The summed E-state index contributed by atoms with van der Waals surface area (Å²) in [6, 6.07) is 4.34. The molecule has 8 nitrogen and oxygen atoms in total. The molecule has 0 aromatic carbocycles. The fraction of sp³-hybridized carbons (Fsp3) is 0.500. The minimum atomic E-state index is -0.205. The summed E-state index contributed by atoms with van der Waals surface area (Å²) >= 11 is 1.61. The van der Waals surface area contributed by atoms with Crippen molar-refractivity contribution >= 4 is 22.5 Å². The van der Waals surface area contributed by atoms with Gasteiger partial charge in [0.25, 0.3) is 0 Å². The highest BCUT2D eigenvalue weighted by Gasteiger charge is 2.04. The molecule has 0 bridgehead atoms. The summed E-state index contributed by atoms with van der Waals surface area (Å²) in [5, 5.41) is 8.71. The molecule has 4 aromatic heterocycles. The average molecular weight is 446 g/mol. The van der Waals surface area contributed by atoms with Gasteiger partial charge in [0.05, 0.1) is 11.8 Å². The van der Waals surface area contributed by atoms with Gasteiger partial charge in [0.1, 0.15) is 10.5 Å². The van der Waals surface area contributed by atoms with Crippen LogP contribution in [0.2, 0.25) is 0 Å². The molecular formula is C22H35N7OS. The lowest BCUT2D eigenvalue weighted by Crippen LogP contribution is -1.99. The second kappa shape index (κ2) is 13.5. The van der Waals surface area contributed by atoms with Gasteiger partial charge in [-0.2, -0.15) is 0 Å². The molecule has 9 heteroatoms. The SMILES string of the molecule is CC.CC(C)c1ccc2[nH]c(=O)[nH]c2n1.CC(C)c1nncs1.CC(C)n1ccnc1. The molecule has 0 amide bonds. The molecule has 0 unspecified atom stereocenters. The maximum atomic E-state index is 10.9. The van der Waals surface area contributed by atoms with E-state index in [0.29, 0.717) is 23.5 Å². The van der Waals surface area contributed by atoms with E-state index in [1.807, 2.05) is 38.5 Å². The summed E-state index contributed by atoms with van der Waals surface area (Å²) in [6.45, 7) is 16.6. The van der Waals surface area contributed by atoms with E-state index in [0.717, 1.165) is 16.2 Å². The van der Waals surface area contributed by atoms with Crippen LogP contribution in [0.3, 0.4) is 0 Å². The van der Waals surface area contributed by atoms with Crippen LogP contribution in [0.4, 0.5) is 0 Å². The van der Waals surface area contributed by atoms with Gasteiger partial charge in [-0.25, -0.2) is 14.8 Å². The van der Waals surface area contributed by atoms with E-state index >= 15 is 0 Å². The normalized spacial score (nSPS) is 10.3. The molecule has 0 saturated carbocycles. The van der Waals surface area contributed by atoms with E-state index in [1.54, 1.807) is 23.0 Å². The fourth-order valence-electron chi connectivity index (χ4n) is 2.26. The van der Waals surface area contributed by atoms with E-state index in [9.17, 15) is 4.79 Å². The smallest absolute Gasteiger partial charge is 0.325 e. The molecule has 2 N–H and O–H groups in total. The molecule has 4 aromatic rings. The zero-order chi connectivity index (χ0) is 23.4. The van der Waals surface area contributed by atoms with E-state index < -0.39 is 0 Å². The van der Waals surface area contributed by atoms with Crippen molar-refractivity contribution in [1.82, 2.24) is 34.7 Å². The van der Waals surface area contributed by atoms with Gasteiger partial charge in [0, 0.05) is 30.0 Å². The van der Waals surface area contributed by atoms with Gasteiger partial charge in [0.2, 0.25) is 0 Å². The fourth-order valence-corrected chi connectivity index (χ4v) is 2.83. The Morgan fingerprint density at radius 3 is 2.13 bits per heavy atom. The van der Waals surface area contributed by atoms with Gasteiger partial charge in [0.15, 0.2) is 5.65 Å². The summed E-state index contributed by atoms with van der Waals surface area (Å²) < 4.78 is 2.06. The van der Waals surface area contributed by atoms with Gasteiger partial charge < -0.3 is 9.55 Å². The quantitative estimate of drug-likeness (QED) is 0.431. The Kier molecular flexibility index (Phi) is 11.4. The molecule has 0 fully saturated rings. The number of H-pyrrole nitrogens is 2.